The third-order valence-electron chi connectivity index (χ3n) is 6.30. The van der Waals surface area contributed by atoms with E-state index in [9.17, 15) is 13.2 Å². The monoisotopic (exact) mass is 561 g/mol. The summed E-state index contributed by atoms with van der Waals surface area (Å²) in [7, 11) is -3.78. The van der Waals surface area contributed by atoms with Crippen LogP contribution in [0, 0.1) is 0 Å². The fourth-order valence-corrected chi connectivity index (χ4v) is 5.66. The maximum Gasteiger partial charge on any atom is 0.269 e. The number of benzene rings is 3. The van der Waals surface area contributed by atoms with Gasteiger partial charge < -0.3 is 16.4 Å². The van der Waals surface area contributed by atoms with Gasteiger partial charge in [-0.25, -0.2) is 27.3 Å². The molecule has 0 aliphatic rings. The van der Waals surface area contributed by atoms with E-state index in [1.807, 2.05) is 18.2 Å². The lowest BCUT2D eigenvalue weighted by atomic mass is 10.1. The van der Waals surface area contributed by atoms with Crippen LogP contribution in [0.25, 0.3) is 22.3 Å². The lowest BCUT2D eigenvalue weighted by molar-refractivity contribution is 0.102. The Balaban J connectivity index is 1.22. The normalized spacial score (nSPS) is 11.3. The zero-order valence-electron chi connectivity index (χ0n) is 21.5. The third kappa shape index (κ3) is 5.34. The number of aromatic nitrogens is 4. The lowest BCUT2D eigenvalue weighted by Crippen LogP contribution is -2.12. The van der Waals surface area contributed by atoms with Crippen molar-refractivity contribution in [3.8, 4) is 11.3 Å². The van der Waals surface area contributed by atoms with Crippen molar-refractivity contribution >= 4 is 49.8 Å². The molecule has 4 N–H and O–H groups in total. The molecule has 3 heterocycles. The number of fused-ring (bicyclic) bond motifs is 1. The first-order valence-corrected chi connectivity index (χ1v) is 13.9. The maximum absolute atomic E-state index is 13.1. The highest BCUT2D eigenvalue weighted by atomic mass is 32.2. The number of rotatable bonds is 7. The summed E-state index contributed by atoms with van der Waals surface area (Å²) in [6, 6.07) is 27.5. The molecule has 0 saturated heterocycles. The Morgan fingerprint density at radius 2 is 1.61 bits per heavy atom. The molecule has 6 rings (SSSR count). The number of carbonyl (C=O) groups is 1. The van der Waals surface area contributed by atoms with Crippen molar-refractivity contribution in [2.24, 2.45) is 0 Å². The van der Waals surface area contributed by atoms with Crippen LogP contribution in [0.3, 0.4) is 0 Å². The summed E-state index contributed by atoms with van der Waals surface area (Å²) in [5, 5.41) is 6.75. The molecule has 0 radical (unpaired) electrons. The number of anilines is 4. The second-order valence-corrected chi connectivity index (χ2v) is 11.0. The third-order valence-corrected chi connectivity index (χ3v) is 7.98. The van der Waals surface area contributed by atoms with Crippen molar-refractivity contribution in [2.45, 2.75) is 4.90 Å². The van der Waals surface area contributed by atoms with Crippen molar-refractivity contribution in [2.75, 3.05) is 16.4 Å². The molecule has 0 fully saturated rings. The van der Waals surface area contributed by atoms with Gasteiger partial charge >= 0.3 is 0 Å². The number of amides is 1. The molecular weight excluding hydrogens is 538 g/mol. The van der Waals surface area contributed by atoms with Crippen molar-refractivity contribution in [1.29, 1.82) is 0 Å². The fraction of sp³-hybridized carbons (Fsp3) is 0. The predicted octanol–water partition coefficient (Wildman–Crippen LogP) is 5.31. The van der Waals surface area contributed by atoms with E-state index >= 15 is 0 Å². The van der Waals surface area contributed by atoms with Gasteiger partial charge in [0.15, 0.2) is 5.65 Å². The number of carbonyl (C=O) groups excluding carboxylic acids is 1. The van der Waals surface area contributed by atoms with Gasteiger partial charge in [0.2, 0.25) is 0 Å². The highest BCUT2D eigenvalue weighted by Crippen LogP contribution is 2.27. The van der Waals surface area contributed by atoms with Crippen LogP contribution < -0.4 is 16.4 Å². The van der Waals surface area contributed by atoms with E-state index in [2.05, 4.69) is 25.6 Å². The minimum absolute atomic E-state index is 0.184. The van der Waals surface area contributed by atoms with E-state index in [0.29, 0.717) is 50.7 Å². The molecule has 0 unspecified atom stereocenters. The van der Waals surface area contributed by atoms with Crippen molar-refractivity contribution < 1.29 is 13.2 Å². The van der Waals surface area contributed by atoms with Crippen LogP contribution in [0.1, 0.15) is 10.4 Å². The van der Waals surface area contributed by atoms with Crippen molar-refractivity contribution in [3.05, 3.63) is 121 Å². The van der Waals surface area contributed by atoms with E-state index in [1.165, 1.54) is 16.5 Å². The predicted molar refractivity (Wildman–Crippen MR) is 158 cm³/mol. The van der Waals surface area contributed by atoms with E-state index in [1.54, 1.807) is 85.1 Å². The van der Waals surface area contributed by atoms with Crippen LogP contribution in [0.15, 0.2) is 121 Å². The SMILES string of the molecule is Nc1cccc(C(=O)Nc2cccc(Nc3cc(-c4cnc5c(ccn5S(=O)(=O)c5ccccc5)c4)ncn3)c2)c1. The number of pyridine rings is 1. The van der Waals surface area contributed by atoms with E-state index < -0.39 is 10.0 Å². The van der Waals surface area contributed by atoms with Crippen LogP contribution in [0.2, 0.25) is 0 Å². The molecule has 10 nitrogen and oxygen atoms in total. The number of nitrogens with zero attached hydrogens (tertiary/aromatic N) is 4. The van der Waals surface area contributed by atoms with Crippen LogP contribution in [0.4, 0.5) is 22.9 Å². The Bertz CT molecular complexity index is 2010. The summed E-state index contributed by atoms with van der Waals surface area (Å²) in [5.74, 6) is 0.255. The van der Waals surface area contributed by atoms with Gasteiger partial charge in [0, 0.05) is 52.0 Å². The van der Waals surface area contributed by atoms with Crippen LogP contribution in [-0.2, 0) is 10.0 Å². The summed E-state index contributed by atoms with van der Waals surface area (Å²) in [6.45, 7) is 0. The van der Waals surface area contributed by atoms with Gasteiger partial charge in [-0.1, -0.05) is 30.3 Å². The Kier molecular flexibility index (Phi) is 6.62. The summed E-state index contributed by atoms with van der Waals surface area (Å²) >= 11 is 0. The largest absolute Gasteiger partial charge is 0.399 e. The molecular formula is C30H23N7O3S. The average Bonchev–Trinajstić information content (AvgIpc) is 3.42. The van der Waals surface area contributed by atoms with Gasteiger partial charge in [-0.05, 0) is 60.7 Å². The smallest absolute Gasteiger partial charge is 0.269 e. The summed E-state index contributed by atoms with van der Waals surface area (Å²) in [6.07, 6.45) is 4.51. The van der Waals surface area contributed by atoms with Gasteiger partial charge in [0.05, 0.1) is 10.6 Å². The standard InChI is InChI=1S/C30H23N7O3S/c31-23-7-4-6-21(15-23)30(38)36-25-9-5-8-24(16-25)35-28-17-27(33-19-34-28)22-14-20-12-13-37(29(20)32-18-22)41(39,40)26-10-2-1-3-11-26/h1-19H,31H2,(H,36,38)(H,33,34,35). The first kappa shape index (κ1) is 25.7. The molecule has 41 heavy (non-hydrogen) atoms. The molecule has 3 aromatic carbocycles. The van der Waals surface area contributed by atoms with Crippen molar-refractivity contribution in [3.63, 3.8) is 0 Å². The zero-order chi connectivity index (χ0) is 28.4. The first-order valence-electron chi connectivity index (χ1n) is 12.5. The number of nitrogen functional groups attached to an aromatic ring is 1. The topological polar surface area (TPSA) is 145 Å². The Morgan fingerprint density at radius 1 is 0.805 bits per heavy atom. The van der Waals surface area contributed by atoms with Gasteiger partial charge in [-0.2, -0.15) is 0 Å². The van der Waals surface area contributed by atoms with Crippen molar-refractivity contribution in [1.82, 2.24) is 18.9 Å². The Hall–Kier alpha value is -5.55. The second kappa shape index (κ2) is 10.5. The highest BCUT2D eigenvalue weighted by molar-refractivity contribution is 7.90. The van der Waals surface area contributed by atoms with E-state index in [0.717, 1.165) is 0 Å². The highest BCUT2D eigenvalue weighted by Gasteiger charge is 2.19. The van der Waals surface area contributed by atoms with Crippen LogP contribution in [-0.4, -0.2) is 33.2 Å². The molecule has 0 aliphatic heterocycles. The molecule has 0 bridgehead atoms. The number of hydrogen-bond donors (Lipinski definition) is 3. The number of nitrogens with one attached hydrogen (secondary N) is 2. The molecule has 0 aliphatic carbocycles. The maximum atomic E-state index is 13.1. The molecule has 6 aromatic rings. The molecule has 0 atom stereocenters. The van der Waals surface area contributed by atoms with E-state index in [4.69, 9.17) is 5.73 Å². The molecule has 202 valence electrons. The zero-order valence-corrected chi connectivity index (χ0v) is 22.3. The first-order chi connectivity index (χ1) is 19.9. The Morgan fingerprint density at radius 3 is 2.44 bits per heavy atom. The lowest BCUT2D eigenvalue weighted by Gasteiger charge is -2.10. The van der Waals surface area contributed by atoms with Gasteiger partial charge in [-0.15, -0.1) is 0 Å². The quantitative estimate of drug-likeness (QED) is 0.222. The summed E-state index contributed by atoms with van der Waals surface area (Å²) < 4.78 is 27.4. The minimum Gasteiger partial charge on any atom is -0.399 e. The van der Waals surface area contributed by atoms with E-state index in [-0.39, 0.29) is 10.8 Å². The molecule has 3 aromatic heterocycles. The second-order valence-electron chi connectivity index (χ2n) is 9.14. The van der Waals surface area contributed by atoms with Gasteiger partial charge in [0.1, 0.15) is 12.1 Å². The number of hydrogen-bond acceptors (Lipinski definition) is 8. The molecule has 0 spiro atoms. The van der Waals surface area contributed by atoms with Gasteiger partial charge in [-0.3, -0.25) is 4.79 Å². The molecule has 1 amide bonds. The van der Waals surface area contributed by atoms with Crippen LogP contribution >= 0.6 is 0 Å². The summed E-state index contributed by atoms with van der Waals surface area (Å²) in [4.78, 5) is 25.9. The average molecular weight is 562 g/mol. The van der Waals surface area contributed by atoms with Crippen LogP contribution in [0.5, 0.6) is 0 Å². The molecule has 0 saturated carbocycles. The molecule has 11 heteroatoms. The van der Waals surface area contributed by atoms with Gasteiger partial charge in [0.25, 0.3) is 15.9 Å². The Labute approximate surface area is 235 Å². The number of nitrogens with two attached hydrogens (primary N) is 1. The summed E-state index contributed by atoms with van der Waals surface area (Å²) in [5.41, 5.74) is 9.68. The fourth-order valence-electron chi connectivity index (χ4n) is 4.33. The minimum atomic E-state index is -3.78.